The molecular weight excluding hydrogens is 364 g/mol. The van der Waals surface area contributed by atoms with E-state index >= 15 is 0 Å². The Hall–Kier alpha value is -1.85. The van der Waals surface area contributed by atoms with E-state index in [1.165, 1.54) is 32.8 Å². The van der Waals surface area contributed by atoms with Crippen molar-refractivity contribution in [1.29, 1.82) is 0 Å². The molecule has 0 spiro atoms. The quantitative estimate of drug-likeness (QED) is 0.692. The number of benzene rings is 1. The fraction of sp³-hybridized carbons (Fsp3) is 0.625. The second-order valence-corrected chi connectivity index (χ2v) is 9.25. The van der Waals surface area contributed by atoms with Crippen LogP contribution in [0.4, 0.5) is 0 Å². The topological polar surface area (TPSA) is 43.7 Å². The maximum Gasteiger partial charge on any atom is 0.340 e. The molecule has 0 radical (unpaired) electrons. The van der Waals surface area contributed by atoms with Gasteiger partial charge in [-0.05, 0) is 65.5 Å². The SMILES string of the molecule is COC(=O)c1c(C)n([C@H](C)C2CCC(N(C)C3(C)COC3)CC2)c2ccccc12. The zero-order chi connectivity index (χ0) is 20.8. The highest BCUT2D eigenvalue weighted by Gasteiger charge is 2.42. The highest BCUT2D eigenvalue weighted by atomic mass is 16.5. The molecular formula is C24H34N2O3. The fourth-order valence-corrected chi connectivity index (χ4v) is 5.50. The largest absolute Gasteiger partial charge is 0.465 e. The van der Waals surface area contributed by atoms with Crippen LogP contribution in [0.1, 0.15) is 61.6 Å². The number of carbonyl (C=O) groups excluding carboxylic acids is 1. The summed E-state index contributed by atoms with van der Waals surface area (Å²) < 4.78 is 12.9. The van der Waals surface area contributed by atoms with Gasteiger partial charge in [0.05, 0.1) is 31.4 Å². The van der Waals surface area contributed by atoms with Crippen LogP contribution in [-0.4, -0.2) is 54.4 Å². The number of aromatic nitrogens is 1. The number of hydrogen-bond donors (Lipinski definition) is 0. The Morgan fingerprint density at radius 2 is 1.90 bits per heavy atom. The first-order valence-corrected chi connectivity index (χ1v) is 10.9. The third-order valence-electron chi connectivity index (χ3n) is 7.60. The van der Waals surface area contributed by atoms with Gasteiger partial charge in [0.2, 0.25) is 0 Å². The first-order valence-electron chi connectivity index (χ1n) is 10.9. The highest BCUT2D eigenvalue weighted by molar-refractivity contribution is 6.05. The van der Waals surface area contributed by atoms with Gasteiger partial charge in [-0.15, -0.1) is 0 Å². The number of para-hydroxylation sites is 1. The summed E-state index contributed by atoms with van der Waals surface area (Å²) in [6.45, 7) is 8.39. The van der Waals surface area contributed by atoms with Crippen LogP contribution < -0.4 is 0 Å². The van der Waals surface area contributed by atoms with E-state index in [9.17, 15) is 4.79 Å². The molecule has 1 saturated heterocycles. The standard InChI is InChI=1S/C24H34N2O3/c1-16(18-10-12-19(13-11-18)25(4)24(3)14-29-15-24)26-17(2)22(23(27)28-5)20-8-6-7-9-21(20)26/h6-9,16,18-19H,10-15H2,1-5H3/t16-,18?,19?/m1/s1. The van der Waals surface area contributed by atoms with Crippen LogP contribution >= 0.6 is 0 Å². The molecule has 1 aromatic heterocycles. The Labute approximate surface area is 174 Å². The lowest BCUT2D eigenvalue weighted by molar-refractivity contribution is -0.139. The number of nitrogens with zero attached hydrogens (tertiary/aromatic N) is 2. The summed E-state index contributed by atoms with van der Waals surface area (Å²) in [5, 5.41) is 0.995. The van der Waals surface area contributed by atoms with E-state index < -0.39 is 0 Å². The fourth-order valence-electron chi connectivity index (χ4n) is 5.50. The average molecular weight is 399 g/mol. The summed E-state index contributed by atoms with van der Waals surface area (Å²) in [5.74, 6) is 0.371. The van der Waals surface area contributed by atoms with Crippen LogP contribution in [0, 0.1) is 12.8 Å². The average Bonchev–Trinajstić information content (AvgIpc) is 3.02. The summed E-state index contributed by atoms with van der Waals surface area (Å²) in [5.41, 5.74) is 3.08. The second kappa shape index (κ2) is 7.77. The van der Waals surface area contributed by atoms with Crippen LogP contribution in [0.3, 0.4) is 0 Å². The van der Waals surface area contributed by atoms with Gasteiger partial charge in [0, 0.05) is 28.7 Å². The molecule has 2 aliphatic rings. The predicted molar refractivity (Wildman–Crippen MR) is 115 cm³/mol. The smallest absolute Gasteiger partial charge is 0.340 e. The second-order valence-electron chi connectivity index (χ2n) is 9.25. The van der Waals surface area contributed by atoms with E-state index in [0.29, 0.717) is 23.6 Å². The van der Waals surface area contributed by atoms with E-state index in [2.05, 4.69) is 49.4 Å². The monoisotopic (exact) mass is 398 g/mol. The molecule has 0 N–H and O–H groups in total. The van der Waals surface area contributed by atoms with Crippen molar-refractivity contribution in [1.82, 2.24) is 9.47 Å². The number of carbonyl (C=O) groups is 1. The Balaban J connectivity index is 1.55. The molecule has 1 atom stereocenters. The van der Waals surface area contributed by atoms with Crippen molar-refractivity contribution in [2.75, 3.05) is 27.4 Å². The van der Waals surface area contributed by atoms with Crippen molar-refractivity contribution in [3.05, 3.63) is 35.5 Å². The summed E-state index contributed by atoms with van der Waals surface area (Å²) in [7, 11) is 3.73. The minimum Gasteiger partial charge on any atom is -0.465 e. The van der Waals surface area contributed by atoms with E-state index in [4.69, 9.17) is 9.47 Å². The Kier molecular flexibility index (Phi) is 5.47. The molecule has 0 amide bonds. The van der Waals surface area contributed by atoms with Gasteiger partial charge in [-0.1, -0.05) is 18.2 Å². The van der Waals surface area contributed by atoms with Gasteiger partial charge in [0.15, 0.2) is 0 Å². The molecule has 5 nitrogen and oxygen atoms in total. The van der Waals surface area contributed by atoms with Crippen molar-refractivity contribution in [3.8, 4) is 0 Å². The number of hydrogen-bond acceptors (Lipinski definition) is 4. The van der Waals surface area contributed by atoms with E-state index in [0.717, 1.165) is 29.8 Å². The van der Waals surface area contributed by atoms with Crippen LogP contribution in [0.15, 0.2) is 24.3 Å². The lowest BCUT2D eigenvalue weighted by Crippen LogP contribution is -2.62. The number of methoxy groups -OCH3 is 1. The molecule has 1 aliphatic carbocycles. The summed E-state index contributed by atoms with van der Waals surface area (Å²) in [6.07, 6.45) is 4.88. The van der Waals surface area contributed by atoms with Gasteiger partial charge in [-0.3, -0.25) is 4.90 Å². The molecule has 5 heteroatoms. The minimum absolute atomic E-state index is 0.214. The van der Waals surface area contributed by atoms with Gasteiger partial charge in [0.1, 0.15) is 0 Å². The van der Waals surface area contributed by atoms with Crippen LogP contribution in [0.2, 0.25) is 0 Å². The summed E-state index contributed by atoms with van der Waals surface area (Å²) in [6, 6.07) is 9.20. The van der Waals surface area contributed by atoms with Crippen molar-refractivity contribution < 1.29 is 14.3 Å². The maximum atomic E-state index is 12.5. The third-order valence-corrected chi connectivity index (χ3v) is 7.60. The Morgan fingerprint density at radius 3 is 2.48 bits per heavy atom. The number of rotatable bonds is 5. The first kappa shape index (κ1) is 20.4. The van der Waals surface area contributed by atoms with Crippen molar-refractivity contribution in [2.24, 2.45) is 5.92 Å². The molecule has 0 unspecified atom stereocenters. The lowest BCUT2D eigenvalue weighted by atomic mass is 9.80. The first-order chi connectivity index (χ1) is 13.9. The zero-order valence-corrected chi connectivity index (χ0v) is 18.4. The molecule has 2 heterocycles. The van der Waals surface area contributed by atoms with Gasteiger partial charge in [-0.25, -0.2) is 4.79 Å². The molecule has 1 aromatic carbocycles. The molecule has 1 aliphatic heterocycles. The number of likely N-dealkylation sites (N-methyl/N-ethyl adjacent to an activating group) is 1. The van der Waals surface area contributed by atoms with Crippen molar-refractivity contribution in [3.63, 3.8) is 0 Å². The van der Waals surface area contributed by atoms with E-state index in [1.54, 1.807) is 0 Å². The molecule has 2 fully saturated rings. The van der Waals surface area contributed by atoms with E-state index in [-0.39, 0.29) is 11.5 Å². The van der Waals surface area contributed by atoms with Crippen LogP contribution in [-0.2, 0) is 9.47 Å². The lowest BCUT2D eigenvalue weighted by Gasteiger charge is -2.50. The summed E-state index contributed by atoms with van der Waals surface area (Å²) >= 11 is 0. The highest BCUT2D eigenvalue weighted by Crippen LogP contribution is 2.40. The molecule has 1 saturated carbocycles. The molecule has 158 valence electrons. The Morgan fingerprint density at radius 1 is 1.24 bits per heavy atom. The van der Waals surface area contributed by atoms with Gasteiger partial charge in [0.25, 0.3) is 0 Å². The van der Waals surface area contributed by atoms with Gasteiger partial charge >= 0.3 is 5.97 Å². The molecule has 4 rings (SSSR count). The predicted octanol–water partition coefficient (Wildman–Crippen LogP) is 4.58. The van der Waals surface area contributed by atoms with E-state index in [1.807, 2.05) is 12.1 Å². The molecule has 0 bridgehead atoms. The maximum absolute atomic E-state index is 12.5. The zero-order valence-electron chi connectivity index (χ0n) is 18.4. The number of ether oxygens (including phenoxy) is 2. The normalized spacial score (nSPS) is 25.0. The molecule has 29 heavy (non-hydrogen) atoms. The van der Waals surface area contributed by atoms with Crippen LogP contribution in [0.5, 0.6) is 0 Å². The Bertz CT molecular complexity index is 891. The third kappa shape index (κ3) is 3.38. The van der Waals surface area contributed by atoms with Crippen molar-refractivity contribution >= 4 is 16.9 Å². The van der Waals surface area contributed by atoms with Gasteiger partial charge < -0.3 is 14.0 Å². The minimum atomic E-state index is -0.244. The molecule has 2 aromatic rings. The van der Waals surface area contributed by atoms with Gasteiger partial charge in [-0.2, -0.15) is 0 Å². The number of fused-ring (bicyclic) bond motifs is 1. The van der Waals surface area contributed by atoms with Crippen molar-refractivity contribution in [2.45, 2.75) is 64.1 Å². The van der Waals surface area contributed by atoms with Crippen LogP contribution in [0.25, 0.3) is 10.9 Å². The summed E-state index contributed by atoms with van der Waals surface area (Å²) in [4.78, 5) is 15.0. The number of esters is 1.